The Morgan fingerprint density at radius 2 is 1.43 bits per heavy atom. The molecule has 4 rings (SSSR count). The molecule has 0 atom stereocenters. The quantitative estimate of drug-likeness (QED) is 0.367. The summed E-state index contributed by atoms with van der Waals surface area (Å²) in [4.78, 5) is 5.03. The zero-order valence-corrected chi connectivity index (χ0v) is 17.2. The minimum Gasteiger partial charge on any atom is -0.248 e. The van der Waals surface area contributed by atoms with Crippen LogP contribution < -0.4 is 0 Å². The molecule has 28 heavy (non-hydrogen) atoms. The molecule has 0 unspecified atom stereocenters. The van der Waals surface area contributed by atoms with Crippen molar-refractivity contribution in [2.45, 2.75) is 34.1 Å². The van der Waals surface area contributed by atoms with E-state index in [0.29, 0.717) is 5.92 Å². The fourth-order valence-electron chi connectivity index (χ4n) is 3.98. The largest absolute Gasteiger partial charge is 0.248 e. The van der Waals surface area contributed by atoms with Crippen LogP contribution in [0.2, 0.25) is 0 Å². The maximum Gasteiger partial charge on any atom is 0.0712 e. The molecule has 0 spiro atoms. The number of aryl methyl sites for hydroxylation is 2. The molecular weight excluding hydrogens is 338 g/mol. The zero-order valence-electron chi connectivity index (χ0n) is 17.2. The Balaban J connectivity index is 1.90. The van der Waals surface area contributed by atoms with Crippen LogP contribution in [0.1, 0.15) is 30.5 Å². The summed E-state index contributed by atoms with van der Waals surface area (Å²) in [7, 11) is 0. The number of hydrogen-bond donors (Lipinski definition) is 0. The summed E-state index contributed by atoms with van der Waals surface area (Å²) in [6.07, 6.45) is 1.05. The van der Waals surface area contributed by atoms with E-state index < -0.39 is 0 Å². The summed E-state index contributed by atoms with van der Waals surface area (Å²) in [5.41, 5.74) is 9.79. The molecule has 0 fully saturated rings. The van der Waals surface area contributed by atoms with Crippen LogP contribution in [-0.4, -0.2) is 4.98 Å². The van der Waals surface area contributed by atoms with Crippen molar-refractivity contribution in [3.8, 4) is 22.4 Å². The first kappa shape index (κ1) is 18.4. The maximum atomic E-state index is 5.03. The van der Waals surface area contributed by atoms with Crippen LogP contribution >= 0.6 is 0 Å². The minimum atomic E-state index is 0.595. The van der Waals surface area contributed by atoms with Crippen LogP contribution in [-0.2, 0) is 6.42 Å². The molecule has 1 heteroatoms. The number of pyridine rings is 1. The predicted octanol–water partition coefficient (Wildman–Crippen LogP) is 7.38. The van der Waals surface area contributed by atoms with Crippen molar-refractivity contribution in [2.24, 2.45) is 5.92 Å². The van der Waals surface area contributed by atoms with Crippen LogP contribution in [0.3, 0.4) is 0 Å². The average Bonchev–Trinajstić information content (AvgIpc) is 2.67. The second-order valence-corrected chi connectivity index (χ2v) is 8.24. The highest BCUT2D eigenvalue weighted by Crippen LogP contribution is 2.31. The van der Waals surface area contributed by atoms with Gasteiger partial charge in [0.1, 0.15) is 0 Å². The first-order valence-electron chi connectivity index (χ1n) is 10.1. The van der Waals surface area contributed by atoms with Gasteiger partial charge in [0.05, 0.1) is 11.2 Å². The number of rotatable bonds is 4. The third kappa shape index (κ3) is 3.84. The van der Waals surface area contributed by atoms with Crippen molar-refractivity contribution >= 4 is 10.9 Å². The highest BCUT2D eigenvalue weighted by atomic mass is 14.7. The molecule has 0 saturated heterocycles. The fourth-order valence-corrected chi connectivity index (χ4v) is 3.98. The van der Waals surface area contributed by atoms with Gasteiger partial charge in [-0.25, -0.2) is 4.98 Å². The Bertz CT molecular complexity index is 1100. The molecule has 0 saturated carbocycles. The molecule has 0 N–H and O–H groups in total. The smallest absolute Gasteiger partial charge is 0.0712 e. The van der Waals surface area contributed by atoms with E-state index in [0.717, 1.165) is 17.6 Å². The summed E-state index contributed by atoms with van der Waals surface area (Å²) in [6.45, 7) is 8.87. The van der Waals surface area contributed by atoms with E-state index in [4.69, 9.17) is 4.98 Å². The van der Waals surface area contributed by atoms with E-state index in [-0.39, 0.29) is 0 Å². The van der Waals surface area contributed by atoms with Gasteiger partial charge in [-0.05, 0) is 73.2 Å². The predicted molar refractivity (Wildman–Crippen MR) is 121 cm³/mol. The van der Waals surface area contributed by atoms with Gasteiger partial charge in [-0.3, -0.25) is 0 Å². The van der Waals surface area contributed by atoms with Crippen molar-refractivity contribution < 1.29 is 0 Å². The lowest BCUT2D eigenvalue weighted by atomic mass is 9.94. The van der Waals surface area contributed by atoms with Crippen LogP contribution in [0, 0.1) is 19.8 Å². The van der Waals surface area contributed by atoms with Gasteiger partial charge in [0, 0.05) is 10.9 Å². The van der Waals surface area contributed by atoms with E-state index in [2.05, 4.69) is 100 Å². The van der Waals surface area contributed by atoms with Gasteiger partial charge in [0.2, 0.25) is 0 Å². The Morgan fingerprint density at radius 3 is 2.11 bits per heavy atom. The van der Waals surface area contributed by atoms with Gasteiger partial charge in [-0.1, -0.05) is 67.4 Å². The van der Waals surface area contributed by atoms with Crippen LogP contribution in [0.4, 0.5) is 0 Å². The van der Waals surface area contributed by atoms with Crippen LogP contribution in [0.25, 0.3) is 33.3 Å². The van der Waals surface area contributed by atoms with E-state index >= 15 is 0 Å². The van der Waals surface area contributed by atoms with Gasteiger partial charge in [0.25, 0.3) is 0 Å². The molecule has 140 valence electrons. The van der Waals surface area contributed by atoms with Gasteiger partial charge >= 0.3 is 0 Å². The van der Waals surface area contributed by atoms with Crippen LogP contribution in [0.15, 0.2) is 72.8 Å². The molecular formula is C27H27N. The molecule has 0 radical (unpaired) electrons. The van der Waals surface area contributed by atoms with Gasteiger partial charge in [-0.15, -0.1) is 0 Å². The number of hydrogen-bond acceptors (Lipinski definition) is 1. The number of fused-ring (bicyclic) bond motifs is 1. The highest BCUT2D eigenvalue weighted by Gasteiger charge is 2.11. The van der Waals surface area contributed by atoms with Crippen molar-refractivity contribution in [2.75, 3.05) is 0 Å². The topological polar surface area (TPSA) is 12.9 Å². The molecule has 3 aromatic carbocycles. The van der Waals surface area contributed by atoms with Crippen LogP contribution in [0.5, 0.6) is 0 Å². The Morgan fingerprint density at radius 1 is 0.714 bits per heavy atom. The summed E-state index contributed by atoms with van der Waals surface area (Å²) in [6, 6.07) is 26.2. The first-order valence-corrected chi connectivity index (χ1v) is 10.1. The lowest BCUT2D eigenvalue weighted by Crippen LogP contribution is -1.99. The lowest BCUT2D eigenvalue weighted by Gasteiger charge is -2.14. The minimum absolute atomic E-state index is 0.595. The third-order valence-electron chi connectivity index (χ3n) is 5.15. The van der Waals surface area contributed by atoms with Crippen molar-refractivity contribution in [3.63, 3.8) is 0 Å². The number of aromatic nitrogens is 1. The Labute approximate surface area is 168 Å². The molecule has 1 aromatic heterocycles. The molecule has 0 aliphatic rings. The maximum absolute atomic E-state index is 5.03. The molecule has 4 aromatic rings. The Kier molecular flexibility index (Phi) is 5.00. The second kappa shape index (κ2) is 7.59. The normalized spacial score (nSPS) is 11.3. The number of nitrogens with zero attached hydrogens (tertiary/aromatic N) is 1. The van der Waals surface area contributed by atoms with Gasteiger partial charge < -0.3 is 0 Å². The van der Waals surface area contributed by atoms with Crippen molar-refractivity contribution in [1.82, 2.24) is 4.98 Å². The highest BCUT2D eigenvalue weighted by molar-refractivity contribution is 5.89. The summed E-state index contributed by atoms with van der Waals surface area (Å²) < 4.78 is 0. The van der Waals surface area contributed by atoms with Gasteiger partial charge in [0.15, 0.2) is 0 Å². The van der Waals surface area contributed by atoms with E-state index in [1.165, 1.54) is 38.8 Å². The standard InChI is InChI=1S/C27H27N/c1-18(2)12-23-17-27(24-14-19(3)13-20(4)15-24)28-26-11-10-22(16-25(23)26)21-8-6-5-7-9-21/h5-11,13-18H,12H2,1-4H3. The number of benzene rings is 3. The fraction of sp³-hybridized carbons (Fsp3) is 0.222. The third-order valence-corrected chi connectivity index (χ3v) is 5.15. The van der Waals surface area contributed by atoms with Crippen molar-refractivity contribution in [3.05, 3.63) is 89.5 Å². The summed E-state index contributed by atoms with van der Waals surface area (Å²) >= 11 is 0. The molecule has 0 aliphatic heterocycles. The summed E-state index contributed by atoms with van der Waals surface area (Å²) in [5, 5.41) is 1.27. The summed E-state index contributed by atoms with van der Waals surface area (Å²) in [5.74, 6) is 0.595. The molecule has 0 aliphatic carbocycles. The molecule has 0 bridgehead atoms. The van der Waals surface area contributed by atoms with Gasteiger partial charge in [-0.2, -0.15) is 0 Å². The lowest BCUT2D eigenvalue weighted by molar-refractivity contribution is 0.650. The average molecular weight is 366 g/mol. The Hall–Kier alpha value is -2.93. The van der Waals surface area contributed by atoms with E-state index in [9.17, 15) is 0 Å². The zero-order chi connectivity index (χ0) is 19.7. The SMILES string of the molecule is Cc1cc(C)cc(-c2cc(CC(C)C)c3cc(-c4ccccc4)ccc3n2)c1. The van der Waals surface area contributed by atoms with E-state index in [1.807, 2.05) is 0 Å². The molecule has 1 heterocycles. The molecule has 1 nitrogen and oxygen atoms in total. The van der Waals surface area contributed by atoms with Crippen molar-refractivity contribution in [1.29, 1.82) is 0 Å². The monoisotopic (exact) mass is 365 g/mol. The first-order chi connectivity index (χ1) is 13.5. The second-order valence-electron chi connectivity index (χ2n) is 8.24. The van der Waals surface area contributed by atoms with E-state index in [1.54, 1.807) is 0 Å². The molecule has 0 amide bonds.